The molecule has 1 aliphatic rings. The van der Waals surface area contributed by atoms with Crippen LogP contribution in [0.15, 0.2) is 53.7 Å². The minimum atomic E-state index is -4.78. The van der Waals surface area contributed by atoms with Crippen molar-refractivity contribution in [2.24, 2.45) is 7.05 Å². The number of piperazine rings is 1. The predicted molar refractivity (Wildman–Crippen MR) is 183 cm³/mol. The standard InChI is InChI=1S/C34H31F4N11O4/c1-4-25-28(46-9-11-47(12-10-46)31(52)27-29(51)18(2)39-17-40-27)32(53)49-33(42-30(44-49)19-5-7-23-20(13-19)15-45(3)43-23)48(25)16-26(50)41-24-8-6-21(14-22(24)35)34(36,37)38/h5-8,13-15,17,51H,4,9-12,16H2,1-3H3,(H,41,50). The van der Waals surface area contributed by atoms with Crippen molar-refractivity contribution in [3.8, 4) is 17.1 Å². The Labute approximate surface area is 297 Å². The molecule has 15 nitrogen and oxygen atoms in total. The number of fused-ring (bicyclic) bond motifs is 2. The van der Waals surface area contributed by atoms with Crippen molar-refractivity contribution in [1.82, 2.24) is 43.8 Å². The second-order valence-electron chi connectivity index (χ2n) is 12.4. The molecule has 5 heterocycles. The summed E-state index contributed by atoms with van der Waals surface area (Å²) in [5, 5.41) is 22.4. The van der Waals surface area contributed by atoms with Crippen LogP contribution in [0.3, 0.4) is 0 Å². The van der Waals surface area contributed by atoms with Gasteiger partial charge in [-0.3, -0.25) is 19.1 Å². The molecule has 7 rings (SSSR count). The summed E-state index contributed by atoms with van der Waals surface area (Å²) in [5.74, 6) is -2.72. The third-order valence-electron chi connectivity index (χ3n) is 9.00. The highest BCUT2D eigenvalue weighted by atomic mass is 19.4. The van der Waals surface area contributed by atoms with E-state index in [9.17, 15) is 37.1 Å². The highest BCUT2D eigenvalue weighted by Crippen LogP contribution is 2.32. The van der Waals surface area contributed by atoms with Crippen molar-refractivity contribution >= 4 is 39.9 Å². The molecule has 4 aromatic heterocycles. The molecule has 0 aliphatic carbocycles. The van der Waals surface area contributed by atoms with Crippen LogP contribution in [0.1, 0.15) is 34.4 Å². The van der Waals surface area contributed by atoms with Crippen LogP contribution in [0.25, 0.3) is 28.1 Å². The van der Waals surface area contributed by atoms with Gasteiger partial charge in [-0.05, 0) is 49.7 Å². The number of carbonyl (C=O) groups is 2. The average molecular weight is 734 g/mol. The smallest absolute Gasteiger partial charge is 0.416 e. The number of benzene rings is 2. The van der Waals surface area contributed by atoms with Crippen molar-refractivity contribution in [3.05, 3.63) is 87.7 Å². The lowest BCUT2D eigenvalue weighted by Crippen LogP contribution is -2.51. The number of aromatic hydroxyl groups is 1. The number of aromatic nitrogens is 8. The summed E-state index contributed by atoms with van der Waals surface area (Å²) in [4.78, 5) is 56.8. The number of nitrogens with one attached hydrogen (secondary N) is 1. The minimum Gasteiger partial charge on any atom is -0.504 e. The Morgan fingerprint density at radius 3 is 2.47 bits per heavy atom. The lowest BCUT2D eigenvalue weighted by Gasteiger charge is -2.36. The first kappa shape index (κ1) is 35.0. The van der Waals surface area contributed by atoms with Gasteiger partial charge in [0, 0.05) is 50.4 Å². The van der Waals surface area contributed by atoms with Gasteiger partial charge in [0.1, 0.15) is 24.4 Å². The summed E-state index contributed by atoms with van der Waals surface area (Å²) >= 11 is 0. The number of hydrogen-bond acceptors (Lipinski definition) is 10. The molecule has 274 valence electrons. The third kappa shape index (κ3) is 6.49. The third-order valence-corrected chi connectivity index (χ3v) is 9.00. The number of anilines is 2. The van der Waals surface area contributed by atoms with Gasteiger partial charge in [-0.15, -0.1) is 5.10 Å². The molecule has 0 bridgehead atoms. The quantitative estimate of drug-likeness (QED) is 0.232. The van der Waals surface area contributed by atoms with Crippen LogP contribution >= 0.6 is 0 Å². The monoisotopic (exact) mass is 733 g/mol. The fourth-order valence-electron chi connectivity index (χ4n) is 6.37. The highest BCUT2D eigenvalue weighted by molar-refractivity contribution is 5.95. The zero-order valence-electron chi connectivity index (χ0n) is 28.5. The summed E-state index contributed by atoms with van der Waals surface area (Å²) in [6, 6.07) is 7.11. The molecule has 1 saturated heterocycles. The molecule has 2 amide bonds. The number of nitrogens with zero attached hydrogens (tertiary/aromatic N) is 10. The Balaban J connectivity index is 1.27. The van der Waals surface area contributed by atoms with Gasteiger partial charge in [-0.25, -0.2) is 14.4 Å². The van der Waals surface area contributed by atoms with Gasteiger partial charge in [-0.1, -0.05) is 6.92 Å². The predicted octanol–water partition coefficient (Wildman–Crippen LogP) is 3.57. The molecule has 0 atom stereocenters. The second kappa shape index (κ2) is 13.3. The van der Waals surface area contributed by atoms with Crippen LogP contribution in [0.2, 0.25) is 0 Å². The van der Waals surface area contributed by atoms with E-state index in [1.807, 2.05) is 6.20 Å². The van der Waals surface area contributed by atoms with Gasteiger partial charge in [0.25, 0.3) is 11.5 Å². The molecular weight excluding hydrogens is 702 g/mol. The highest BCUT2D eigenvalue weighted by Gasteiger charge is 2.32. The van der Waals surface area contributed by atoms with Crippen LogP contribution < -0.4 is 15.8 Å². The molecule has 0 radical (unpaired) electrons. The number of hydrogen-bond donors (Lipinski definition) is 2. The van der Waals surface area contributed by atoms with Gasteiger partial charge in [0.2, 0.25) is 11.7 Å². The SMILES string of the molecule is CCc1c(N2CCN(C(=O)c3ncnc(C)c3O)CC2)c(=O)n2nc(-c3ccc4nn(C)cc4c3)nc2n1CC(=O)Nc1ccc(C(F)(F)F)cc1F. The van der Waals surface area contributed by atoms with E-state index < -0.39 is 47.2 Å². The zero-order valence-corrected chi connectivity index (χ0v) is 28.5. The van der Waals surface area contributed by atoms with E-state index in [-0.39, 0.29) is 67.0 Å². The van der Waals surface area contributed by atoms with E-state index in [1.54, 1.807) is 48.7 Å². The zero-order chi connectivity index (χ0) is 37.8. The Morgan fingerprint density at radius 1 is 1.02 bits per heavy atom. The number of halogens is 4. The number of aryl methyl sites for hydroxylation is 2. The molecule has 1 aliphatic heterocycles. The first-order chi connectivity index (χ1) is 25.2. The molecule has 19 heteroatoms. The van der Waals surface area contributed by atoms with Gasteiger partial charge in [0.15, 0.2) is 17.3 Å². The Hall–Kier alpha value is -6.40. The molecule has 0 spiro atoms. The van der Waals surface area contributed by atoms with Crippen LogP contribution in [0.4, 0.5) is 28.9 Å². The first-order valence-electron chi connectivity index (χ1n) is 16.4. The molecule has 6 aromatic rings. The Kier molecular flexibility index (Phi) is 8.79. The van der Waals surface area contributed by atoms with E-state index in [1.165, 1.54) is 15.8 Å². The van der Waals surface area contributed by atoms with Crippen LogP contribution in [-0.4, -0.2) is 86.9 Å². The molecule has 0 unspecified atom stereocenters. The maximum atomic E-state index is 14.7. The van der Waals surface area contributed by atoms with Gasteiger partial charge in [0.05, 0.1) is 28.2 Å². The molecule has 1 fully saturated rings. The maximum absolute atomic E-state index is 14.7. The van der Waals surface area contributed by atoms with E-state index >= 15 is 0 Å². The average Bonchev–Trinajstić information content (AvgIpc) is 3.74. The van der Waals surface area contributed by atoms with Crippen molar-refractivity contribution < 1.29 is 32.3 Å². The lowest BCUT2D eigenvalue weighted by molar-refractivity contribution is -0.137. The number of amides is 2. The van der Waals surface area contributed by atoms with Gasteiger partial charge in [-0.2, -0.15) is 27.8 Å². The topological polar surface area (TPSA) is 169 Å². The van der Waals surface area contributed by atoms with E-state index in [2.05, 4.69) is 30.5 Å². The summed E-state index contributed by atoms with van der Waals surface area (Å²) in [6.45, 7) is 3.50. The largest absolute Gasteiger partial charge is 0.504 e. The summed E-state index contributed by atoms with van der Waals surface area (Å²) < 4.78 is 58.3. The van der Waals surface area contributed by atoms with Crippen LogP contribution in [-0.2, 0) is 31.0 Å². The maximum Gasteiger partial charge on any atom is 0.416 e. The summed E-state index contributed by atoms with van der Waals surface area (Å²) in [5.41, 5.74) is -0.226. The second-order valence-corrected chi connectivity index (χ2v) is 12.4. The fraction of sp³-hybridized carbons (Fsp3) is 0.294. The first-order valence-corrected chi connectivity index (χ1v) is 16.4. The number of rotatable bonds is 7. The fourth-order valence-corrected chi connectivity index (χ4v) is 6.37. The van der Waals surface area contributed by atoms with Crippen LogP contribution in [0, 0.1) is 12.7 Å². The normalized spacial score (nSPS) is 13.6. The van der Waals surface area contributed by atoms with E-state index in [0.717, 1.165) is 21.5 Å². The summed E-state index contributed by atoms with van der Waals surface area (Å²) in [6.07, 6.45) is -1.56. The van der Waals surface area contributed by atoms with Gasteiger partial charge >= 0.3 is 6.18 Å². The summed E-state index contributed by atoms with van der Waals surface area (Å²) in [7, 11) is 1.78. The minimum absolute atomic E-state index is 0.00310. The van der Waals surface area contributed by atoms with Crippen molar-refractivity contribution in [1.29, 1.82) is 0 Å². The van der Waals surface area contributed by atoms with E-state index in [4.69, 9.17) is 0 Å². The molecule has 53 heavy (non-hydrogen) atoms. The lowest BCUT2D eigenvalue weighted by atomic mass is 10.1. The molecule has 2 N–H and O–H groups in total. The molecular formula is C34H31F4N11O4. The van der Waals surface area contributed by atoms with Crippen molar-refractivity contribution in [2.45, 2.75) is 33.0 Å². The van der Waals surface area contributed by atoms with Crippen molar-refractivity contribution in [3.63, 3.8) is 0 Å². The number of carbonyl (C=O) groups excluding carboxylic acids is 2. The Bertz CT molecular complexity index is 2480. The van der Waals surface area contributed by atoms with E-state index in [0.29, 0.717) is 23.4 Å². The molecule has 2 aromatic carbocycles. The van der Waals surface area contributed by atoms with Crippen LogP contribution in [0.5, 0.6) is 5.75 Å². The Morgan fingerprint density at radius 2 is 1.77 bits per heavy atom. The van der Waals surface area contributed by atoms with Crippen molar-refractivity contribution in [2.75, 3.05) is 36.4 Å². The number of alkyl halides is 3. The van der Waals surface area contributed by atoms with Gasteiger partial charge < -0.3 is 24.8 Å². The molecule has 0 saturated carbocycles.